The second-order valence-electron chi connectivity index (χ2n) is 7.77. The zero-order valence-electron chi connectivity index (χ0n) is 19.7. The van der Waals surface area contributed by atoms with Crippen molar-refractivity contribution in [2.75, 3.05) is 25.5 Å². The van der Waals surface area contributed by atoms with E-state index in [0.717, 1.165) is 17.0 Å². The van der Waals surface area contributed by atoms with Crippen molar-refractivity contribution in [3.63, 3.8) is 0 Å². The Kier molecular flexibility index (Phi) is 11.0. The number of aliphatic carboxylic acids is 1. The number of hydrogen-bond donors (Lipinski definition) is 2. The van der Waals surface area contributed by atoms with Gasteiger partial charge in [0, 0.05) is 30.6 Å². The maximum Gasteiger partial charge on any atom is 0.415 e. The van der Waals surface area contributed by atoms with Gasteiger partial charge in [-0.05, 0) is 30.7 Å². The van der Waals surface area contributed by atoms with Crippen LogP contribution in [0.15, 0.2) is 36.4 Å². The van der Waals surface area contributed by atoms with E-state index in [1.165, 1.54) is 31.3 Å². The first-order valence-electron chi connectivity index (χ1n) is 10.7. The average molecular weight is 570 g/mol. The van der Waals surface area contributed by atoms with Gasteiger partial charge < -0.3 is 24.8 Å². The number of carbonyl (C=O) groups is 5. The fourth-order valence-corrected chi connectivity index (χ4v) is 3.48. The number of rotatable bonds is 13. The molecule has 1 atom stereocenters. The number of benzene rings is 2. The molecule has 2 amide bonds. The van der Waals surface area contributed by atoms with Gasteiger partial charge in [-0.15, -0.1) is 0 Å². The Morgan fingerprint density at radius 1 is 1.18 bits per heavy atom. The lowest BCUT2D eigenvalue weighted by Gasteiger charge is -2.18. The number of ketones is 1. The van der Waals surface area contributed by atoms with Gasteiger partial charge in [-0.2, -0.15) is 0 Å². The molecule has 15 heteroatoms. The summed E-state index contributed by atoms with van der Waals surface area (Å²) in [5, 5.41) is 22.6. The normalized spacial score (nSPS) is 11.1. The van der Waals surface area contributed by atoms with Crippen molar-refractivity contribution in [1.29, 1.82) is 0 Å². The number of nitro benzene ring substituents is 1. The molecule has 38 heavy (non-hydrogen) atoms. The quantitative estimate of drug-likeness (QED) is 0.155. The third-order valence-electron chi connectivity index (χ3n) is 5.00. The zero-order chi connectivity index (χ0) is 28.4. The first kappa shape index (κ1) is 30.0. The monoisotopic (exact) mass is 569 g/mol. The minimum atomic E-state index is -1.26. The molecule has 1 unspecified atom stereocenters. The lowest BCUT2D eigenvalue weighted by Crippen LogP contribution is -2.36. The van der Waals surface area contributed by atoms with E-state index in [2.05, 4.69) is 10.1 Å². The minimum absolute atomic E-state index is 0.0498. The van der Waals surface area contributed by atoms with Crippen molar-refractivity contribution >= 4 is 64.8 Å². The number of carboxylic acid groups (broad SMARTS) is 1. The van der Waals surface area contributed by atoms with Gasteiger partial charge in [0.05, 0.1) is 40.3 Å². The molecule has 13 nitrogen and oxygen atoms in total. The number of halogens is 2. The van der Waals surface area contributed by atoms with E-state index < -0.39 is 47.6 Å². The average Bonchev–Trinajstić information content (AvgIpc) is 2.85. The number of hydrogen-bond acceptors (Lipinski definition) is 9. The second-order valence-corrected chi connectivity index (χ2v) is 8.62. The highest BCUT2D eigenvalue weighted by molar-refractivity contribution is 6.34. The first-order valence-corrected chi connectivity index (χ1v) is 11.5. The summed E-state index contributed by atoms with van der Waals surface area (Å²) in [4.78, 5) is 70.4. The number of ether oxygens (including phenoxy) is 2. The summed E-state index contributed by atoms with van der Waals surface area (Å²) in [5.41, 5.74) is -0.415. The van der Waals surface area contributed by atoms with E-state index in [1.807, 2.05) is 0 Å². The van der Waals surface area contributed by atoms with Crippen LogP contribution >= 0.6 is 23.2 Å². The molecular weight excluding hydrogens is 549 g/mol. The van der Waals surface area contributed by atoms with Gasteiger partial charge in [0.1, 0.15) is 5.75 Å². The van der Waals surface area contributed by atoms with Crippen LogP contribution in [0.5, 0.6) is 5.75 Å². The number of anilines is 1. The summed E-state index contributed by atoms with van der Waals surface area (Å²) < 4.78 is 9.72. The van der Waals surface area contributed by atoms with Gasteiger partial charge in [0.15, 0.2) is 5.78 Å². The molecule has 2 aromatic carbocycles. The van der Waals surface area contributed by atoms with Crippen molar-refractivity contribution in [2.45, 2.75) is 12.8 Å². The van der Waals surface area contributed by atoms with E-state index in [4.69, 9.17) is 27.9 Å². The first-order chi connectivity index (χ1) is 17.9. The van der Waals surface area contributed by atoms with Gasteiger partial charge in [0.2, 0.25) is 0 Å². The fourth-order valence-electron chi connectivity index (χ4n) is 3.09. The number of nitrogens with one attached hydrogen (secondary N) is 1. The van der Waals surface area contributed by atoms with Crippen molar-refractivity contribution in [1.82, 2.24) is 4.90 Å². The maximum atomic E-state index is 12.9. The van der Waals surface area contributed by atoms with Gasteiger partial charge in [0.25, 0.3) is 18.1 Å². The van der Waals surface area contributed by atoms with Crippen molar-refractivity contribution in [3.8, 4) is 5.75 Å². The Hall–Kier alpha value is -4.23. The number of carbonyl (C=O) groups excluding carboxylic acids is 4. The summed E-state index contributed by atoms with van der Waals surface area (Å²) in [5.74, 6) is -3.99. The predicted octanol–water partition coefficient (Wildman–Crippen LogP) is 3.81. The number of non-ortho nitro benzene ring substituents is 1. The van der Waals surface area contributed by atoms with E-state index in [-0.39, 0.29) is 52.2 Å². The van der Waals surface area contributed by atoms with Crippen LogP contribution in [-0.2, 0) is 19.1 Å². The summed E-state index contributed by atoms with van der Waals surface area (Å²) in [7, 11) is 1.23. The molecule has 202 valence electrons. The largest absolute Gasteiger partial charge is 0.481 e. The molecule has 2 rings (SSSR count). The molecule has 0 radical (unpaired) electrons. The molecule has 0 heterocycles. The lowest BCUT2D eigenvalue weighted by molar-refractivity contribution is -0.384. The Bertz CT molecular complexity index is 1250. The molecule has 0 spiro atoms. The SMILES string of the molecule is CN(CC(=O)CC(CCOC=O)C(=O)O)C(=O)Oc1ccc(Cl)cc1C(=O)Nc1ccc([N+](=O)[O-])cc1Cl. The summed E-state index contributed by atoms with van der Waals surface area (Å²) in [6, 6.07) is 7.22. The van der Waals surface area contributed by atoms with E-state index in [1.54, 1.807) is 0 Å². The number of carboxylic acids is 1. The minimum Gasteiger partial charge on any atom is -0.481 e. The van der Waals surface area contributed by atoms with Crippen LogP contribution in [0.3, 0.4) is 0 Å². The summed E-state index contributed by atoms with van der Waals surface area (Å²) >= 11 is 12.0. The predicted molar refractivity (Wildman–Crippen MR) is 134 cm³/mol. The Morgan fingerprint density at radius 3 is 2.50 bits per heavy atom. The van der Waals surface area contributed by atoms with Crippen LogP contribution < -0.4 is 10.1 Å². The Balaban J connectivity index is 2.10. The van der Waals surface area contributed by atoms with Crippen LogP contribution in [0.2, 0.25) is 10.0 Å². The highest BCUT2D eigenvalue weighted by Gasteiger charge is 2.25. The molecule has 0 aliphatic carbocycles. The molecule has 0 saturated carbocycles. The third kappa shape index (κ3) is 8.71. The van der Waals surface area contributed by atoms with Crippen LogP contribution in [0.1, 0.15) is 23.2 Å². The van der Waals surface area contributed by atoms with Gasteiger partial charge >= 0.3 is 12.1 Å². The van der Waals surface area contributed by atoms with E-state index in [9.17, 15) is 39.2 Å². The molecule has 2 aromatic rings. The standard InChI is InChI=1S/C23H21Cl2N3O10/c1-27(11-16(30)8-13(22(32)33)6-7-37-12-29)23(34)38-20-5-2-14(24)9-17(20)21(31)26-19-4-3-15(28(35)36)10-18(19)25/h2-5,9-10,12-13H,6-8,11H2,1H3,(H,26,31)(H,32,33). The van der Waals surface area contributed by atoms with Crippen molar-refractivity contribution < 1.29 is 43.5 Å². The summed E-state index contributed by atoms with van der Waals surface area (Å²) in [6.07, 6.45) is -1.53. The van der Waals surface area contributed by atoms with Crippen LogP contribution in [0, 0.1) is 16.0 Å². The maximum absolute atomic E-state index is 12.9. The van der Waals surface area contributed by atoms with Gasteiger partial charge in [-0.1, -0.05) is 23.2 Å². The molecule has 0 aliphatic rings. The number of amides is 2. The summed E-state index contributed by atoms with van der Waals surface area (Å²) in [6.45, 7) is -0.515. The van der Waals surface area contributed by atoms with Crippen LogP contribution in [0.25, 0.3) is 0 Å². The fraction of sp³-hybridized carbons (Fsp3) is 0.261. The smallest absolute Gasteiger partial charge is 0.415 e. The van der Waals surface area contributed by atoms with E-state index >= 15 is 0 Å². The lowest BCUT2D eigenvalue weighted by atomic mass is 9.99. The second kappa shape index (κ2) is 13.9. The number of nitro groups is 1. The topological polar surface area (TPSA) is 182 Å². The number of likely N-dealkylation sites (N-methyl/N-ethyl adjacent to an activating group) is 1. The number of Topliss-reactive ketones (excluding diaryl/α,β-unsaturated/α-hetero) is 1. The highest BCUT2D eigenvalue weighted by Crippen LogP contribution is 2.29. The molecule has 0 bridgehead atoms. The van der Waals surface area contributed by atoms with Crippen LogP contribution in [-0.4, -0.2) is 65.4 Å². The molecule has 0 aromatic heterocycles. The van der Waals surface area contributed by atoms with Gasteiger partial charge in [-0.3, -0.25) is 29.3 Å². The van der Waals surface area contributed by atoms with Crippen molar-refractivity contribution in [3.05, 3.63) is 62.1 Å². The van der Waals surface area contributed by atoms with Crippen LogP contribution in [0.4, 0.5) is 16.2 Å². The Labute approximate surface area is 225 Å². The zero-order valence-corrected chi connectivity index (χ0v) is 21.2. The third-order valence-corrected chi connectivity index (χ3v) is 5.54. The number of nitrogens with zero attached hydrogens (tertiary/aromatic N) is 2. The van der Waals surface area contributed by atoms with Crippen molar-refractivity contribution in [2.24, 2.45) is 5.92 Å². The Morgan fingerprint density at radius 2 is 1.89 bits per heavy atom. The molecule has 0 aliphatic heterocycles. The molecule has 0 fully saturated rings. The molecule has 0 saturated heterocycles. The molecular formula is C23H21Cl2N3O10. The molecule has 2 N–H and O–H groups in total. The van der Waals surface area contributed by atoms with Gasteiger partial charge in [-0.25, -0.2) is 4.79 Å². The van der Waals surface area contributed by atoms with E-state index in [0.29, 0.717) is 0 Å². The highest BCUT2D eigenvalue weighted by atomic mass is 35.5.